The van der Waals surface area contributed by atoms with Crippen molar-refractivity contribution in [2.75, 3.05) is 0 Å². The van der Waals surface area contributed by atoms with Crippen LogP contribution in [-0.4, -0.2) is 12.5 Å². The van der Waals surface area contributed by atoms with Crippen LogP contribution in [-0.2, 0) is 0 Å². The first kappa shape index (κ1) is 10.5. The minimum atomic E-state index is -2.61. The number of alkyl halides is 2. The SMILES string of the molecule is CCC(CC)C(N=O)C(F)F. The van der Waals surface area contributed by atoms with Gasteiger partial charge in [0.15, 0.2) is 6.04 Å². The van der Waals surface area contributed by atoms with Crippen LogP contribution in [0.5, 0.6) is 0 Å². The number of halogens is 2. The van der Waals surface area contributed by atoms with E-state index >= 15 is 0 Å². The van der Waals surface area contributed by atoms with Gasteiger partial charge in [-0.05, 0) is 5.92 Å². The summed E-state index contributed by atoms with van der Waals surface area (Å²) in [7, 11) is 0. The summed E-state index contributed by atoms with van der Waals surface area (Å²) in [6, 6.07) is -1.31. The molecule has 0 saturated carbocycles. The van der Waals surface area contributed by atoms with E-state index in [-0.39, 0.29) is 5.92 Å². The molecular weight excluding hydrogens is 152 g/mol. The number of hydrogen-bond acceptors (Lipinski definition) is 2. The maximum Gasteiger partial charge on any atom is 0.264 e. The molecule has 1 atom stereocenters. The second-order valence-corrected chi connectivity index (χ2v) is 2.51. The third-order valence-corrected chi connectivity index (χ3v) is 1.91. The predicted octanol–water partition coefficient (Wildman–Crippen LogP) is 2.82. The third-order valence-electron chi connectivity index (χ3n) is 1.91. The molecule has 0 aliphatic rings. The molecule has 0 N–H and O–H groups in total. The number of hydrogen-bond donors (Lipinski definition) is 0. The van der Waals surface area contributed by atoms with Gasteiger partial charge in [0.05, 0.1) is 0 Å². The summed E-state index contributed by atoms with van der Waals surface area (Å²) in [4.78, 5) is 9.98. The van der Waals surface area contributed by atoms with E-state index in [9.17, 15) is 13.7 Å². The lowest BCUT2D eigenvalue weighted by Crippen LogP contribution is -2.24. The molecule has 11 heavy (non-hydrogen) atoms. The molecule has 0 radical (unpaired) electrons. The minimum Gasteiger partial charge on any atom is -0.208 e. The van der Waals surface area contributed by atoms with Gasteiger partial charge in [-0.25, -0.2) is 8.78 Å². The van der Waals surface area contributed by atoms with Crippen molar-refractivity contribution in [2.45, 2.75) is 39.2 Å². The Kier molecular flexibility index (Phi) is 4.90. The van der Waals surface area contributed by atoms with E-state index in [1.807, 2.05) is 0 Å². The molecule has 4 heteroatoms. The van der Waals surface area contributed by atoms with Gasteiger partial charge in [0.2, 0.25) is 0 Å². The van der Waals surface area contributed by atoms with Crippen molar-refractivity contribution in [2.24, 2.45) is 11.1 Å². The standard InChI is InChI=1S/C7H13F2NO/c1-3-5(4-2)6(10-11)7(8)9/h5-7H,3-4H2,1-2H3. The van der Waals surface area contributed by atoms with Crippen LogP contribution < -0.4 is 0 Å². The second-order valence-electron chi connectivity index (χ2n) is 2.51. The van der Waals surface area contributed by atoms with Crippen LogP contribution in [0.4, 0.5) is 8.78 Å². The fourth-order valence-electron chi connectivity index (χ4n) is 1.11. The van der Waals surface area contributed by atoms with Crippen LogP contribution in [0, 0.1) is 10.8 Å². The van der Waals surface area contributed by atoms with Crippen molar-refractivity contribution < 1.29 is 8.78 Å². The molecule has 1 unspecified atom stereocenters. The molecule has 2 nitrogen and oxygen atoms in total. The highest BCUT2D eigenvalue weighted by atomic mass is 19.3. The largest absolute Gasteiger partial charge is 0.264 e. The molecule has 0 aliphatic carbocycles. The Morgan fingerprint density at radius 1 is 1.27 bits per heavy atom. The van der Waals surface area contributed by atoms with E-state index in [0.29, 0.717) is 12.8 Å². The fourth-order valence-corrected chi connectivity index (χ4v) is 1.11. The summed E-state index contributed by atoms with van der Waals surface area (Å²) in [5.74, 6) is -0.271. The van der Waals surface area contributed by atoms with Gasteiger partial charge in [-0.3, -0.25) is 0 Å². The highest BCUT2D eigenvalue weighted by Gasteiger charge is 2.28. The molecule has 66 valence electrons. The molecule has 0 fully saturated rings. The average molecular weight is 165 g/mol. The molecule has 0 spiro atoms. The lowest BCUT2D eigenvalue weighted by atomic mass is 9.95. The summed E-state index contributed by atoms with van der Waals surface area (Å²) in [5.41, 5.74) is 0. The Morgan fingerprint density at radius 2 is 1.73 bits per heavy atom. The van der Waals surface area contributed by atoms with Gasteiger partial charge in [-0.1, -0.05) is 31.9 Å². The molecule has 0 heterocycles. The van der Waals surface area contributed by atoms with Crippen LogP contribution in [0.15, 0.2) is 5.18 Å². The Hall–Kier alpha value is -0.540. The quantitative estimate of drug-likeness (QED) is 0.576. The van der Waals surface area contributed by atoms with Gasteiger partial charge in [-0.15, -0.1) is 0 Å². The zero-order valence-electron chi connectivity index (χ0n) is 6.76. The molecule has 0 amide bonds. The predicted molar refractivity (Wildman–Crippen MR) is 39.7 cm³/mol. The summed E-state index contributed by atoms with van der Waals surface area (Å²) < 4.78 is 24.1. The van der Waals surface area contributed by atoms with Gasteiger partial charge < -0.3 is 0 Å². The summed E-state index contributed by atoms with van der Waals surface area (Å²) >= 11 is 0. The zero-order chi connectivity index (χ0) is 8.85. The van der Waals surface area contributed by atoms with Gasteiger partial charge in [0.1, 0.15) is 0 Å². The lowest BCUT2D eigenvalue weighted by Gasteiger charge is -2.16. The summed E-state index contributed by atoms with van der Waals surface area (Å²) in [5, 5.41) is 2.43. The average Bonchev–Trinajstić information content (AvgIpc) is 1.99. The smallest absolute Gasteiger partial charge is 0.208 e. The van der Waals surface area contributed by atoms with E-state index < -0.39 is 12.5 Å². The normalized spacial score (nSPS) is 14.0. The highest BCUT2D eigenvalue weighted by Crippen LogP contribution is 2.21. The van der Waals surface area contributed by atoms with Crippen LogP contribution in [0.2, 0.25) is 0 Å². The van der Waals surface area contributed by atoms with Gasteiger partial charge in [-0.2, -0.15) is 4.91 Å². The van der Waals surface area contributed by atoms with Crippen molar-refractivity contribution in [1.29, 1.82) is 0 Å². The Bertz CT molecular complexity index is 115. The van der Waals surface area contributed by atoms with Crippen molar-refractivity contribution in [3.05, 3.63) is 4.91 Å². The van der Waals surface area contributed by atoms with Crippen molar-refractivity contribution in [3.8, 4) is 0 Å². The molecule has 0 aromatic rings. The Morgan fingerprint density at radius 3 is 1.82 bits per heavy atom. The molecule has 0 aromatic carbocycles. The topological polar surface area (TPSA) is 29.4 Å². The molecule has 0 aliphatic heterocycles. The number of rotatable bonds is 5. The first-order chi connectivity index (χ1) is 5.17. The maximum absolute atomic E-state index is 12.0. The van der Waals surface area contributed by atoms with Crippen LogP contribution in [0.1, 0.15) is 26.7 Å². The minimum absolute atomic E-state index is 0.271. The van der Waals surface area contributed by atoms with Crippen molar-refractivity contribution in [3.63, 3.8) is 0 Å². The molecular formula is C7H13F2NO. The van der Waals surface area contributed by atoms with E-state index in [1.54, 1.807) is 13.8 Å². The van der Waals surface area contributed by atoms with E-state index in [0.717, 1.165) is 0 Å². The Labute approximate surface area is 65.0 Å². The van der Waals surface area contributed by atoms with Crippen LogP contribution >= 0.6 is 0 Å². The van der Waals surface area contributed by atoms with Crippen LogP contribution in [0.25, 0.3) is 0 Å². The first-order valence-electron chi connectivity index (χ1n) is 3.77. The van der Waals surface area contributed by atoms with Gasteiger partial charge in [0.25, 0.3) is 6.43 Å². The monoisotopic (exact) mass is 165 g/mol. The number of nitroso groups, excluding NO2 is 1. The van der Waals surface area contributed by atoms with E-state index in [4.69, 9.17) is 0 Å². The zero-order valence-corrected chi connectivity index (χ0v) is 6.76. The van der Waals surface area contributed by atoms with Crippen molar-refractivity contribution >= 4 is 0 Å². The number of nitrogens with zero attached hydrogens (tertiary/aromatic N) is 1. The second kappa shape index (κ2) is 5.16. The summed E-state index contributed by atoms with van der Waals surface area (Å²) in [6.45, 7) is 3.57. The maximum atomic E-state index is 12.0. The molecule has 0 rings (SSSR count). The van der Waals surface area contributed by atoms with Crippen LogP contribution in [0.3, 0.4) is 0 Å². The fraction of sp³-hybridized carbons (Fsp3) is 1.00. The highest BCUT2D eigenvalue weighted by molar-refractivity contribution is 4.75. The third kappa shape index (κ3) is 2.91. The van der Waals surface area contributed by atoms with Gasteiger partial charge in [0, 0.05) is 0 Å². The van der Waals surface area contributed by atoms with E-state index in [2.05, 4.69) is 5.18 Å². The molecule has 0 saturated heterocycles. The van der Waals surface area contributed by atoms with E-state index in [1.165, 1.54) is 0 Å². The van der Waals surface area contributed by atoms with Crippen molar-refractivity contribution in [1.82, 2.24) is 0 Å². The first-order valence-corrected chi connectivity index (χ1v) is 3.77. The summed E-state index contributed by atoms with van der Waals surface area (Å²) in [6.07, 6.45) is -1.45. The molecule has 0 bridgehead atoms. The molecule has 0 aromatic heterocycles. The van der Waals surface area contributed by atoms with Gasteiger partial charge >= 0.3 is 0 Å². The Balaban J connectivity index is 4.08. The lowest BCUT2D eigenvalue weighted by molar-refractivity contribution is 0.0864.